The number of aryl methyl sites for hydroxylation is 1. The Hall–Kier alpha value is -2.07. The van der Waals surface area contributed by atoms with Crippen LogP contribution in [0, 0.1) is 13.8 Å². The van der Waals surface area contributed by atoms with E-state index in [0.29, 0.717) is 5.02 Å². The van der Waals surface area contributed by atoms with Gasteiger partial charge in [0.05, 0.1) is 5.75 Å². The second kappa shape index (κ2) is 13.3. The molecule has 0 aliphatic heterocycles. The maximum Gasteiger partial charge on any atom is 0.244 e. The van der Waals surface area contributed by atoms with E-state index in [2.05, 4.69) is 15.5 Å². The predicted octanol–water partition coefficient (Wildman–Crippen LogP) is 6.46. The van der Waals surface area contributed by atoms with Crippen LogP contribution in [0.1, 0.15) is 37.0 Å². The molecule has 0 saturated carbocycles. The highest BCUT2D eigenvalue weighted by Gasteiger charge is 2.23. The van der Waals surface area contributed by atoms with Crippen LogP contribution in [0.4, 0.5) is 5.69 Å². The minimum absolute atomic E-state index is 0.0140. The summed E-state index contributed by atoms with van der Waals surface area (Å²) in [4.78, 5) is 27.4. The van der Waals surface area contributed by atoms with Crippen LogP contribution in [-0.4, -0.2) is 45.3 Å². The molecular weight excluding hydrogens is 520 g/mol. The molecule has 0 aliphatic rings. The maximum absolute atomic E-state index is 13.0. The number of halogens is 1. The lowest BCUT2D eigenvalue weighted by molar-refractivity contribution is -0.134. The van der Waals surface area contributed by atoms with Crippen molar-refractivity contribution in [3.63, 3.8) is 0 Å². The van der Waals surface area contributed by atoms with Gasteiger partial charge in [0.15, 0.2) is 8.68 Å². The molecule has 0 fully saturated rings. The molecule has 1 N–H and O–H groups in total. The number of hydrogen-bond donors (Lipinski definition) is 1. The summed E-state index contributed by atoms with van der Waals surface area (Å²) in [6.07, 6.45) is 0.761. The summed E-state index contributed by atoms with van der Waals surface area (Å²) >= 11 is 10.4. The minimum atomic E-state index is -0.200. The standard InChI is InChI=1S/C25H29ClN4O2S3/c1-5-17(3)30(13-22(31)27-21-8-6-7-16(2)18(21)4)23(32)15-34-25-29-28-24(35-25)33-14-19-9-11-20(26)12-10-19/h6-12,17H,5,13-15H2,1-4H3,(H,27,31). The third-order valence-electron chi connectivity index (χ3n) is 5.62. The summed E-state index contributed by atoms with van der Waals surface area (Å²) in [5, 5.41) is 12.1. The number of aromatic nitrogens is 2. The zero-order valence-electron chi connectivity index (χ0n) is 20.2. The van der Waals surface area contributed by atoms with Crippen molar-refractivity contribution in [2.75, 3.05) is 17.6 Å². The number of amides is 2. The molecule has 0 aliphatic carbocycles. The summed E-state index contributed by atoms with van der Waals surface area (Å²) < 4.78 is 1.59. The van der Waals surface area contributed by atoms with Gasteiger partial charge in [-0.2, -0.15) is 0 Å². The quantitative estimate of drug-likeness (QED) is 0.277. The zero-order chi connectivity index (χ0) is 25.4. The Morgan fingerprint density at radius 3 is 2.46 bits per heavy atom. The molecule has 0 radical (unpaired) electrons. The highest BCUT2D eigenvalue weighted by atomic mass is 35.5. The van der Waals surface area contributed by atoms with Crippen molar-refractivity contribution in [3.05, 3.63) is 64.2 Å². The van der Waals surface area contributed by atoms with Gasteiger partial charge in [0.25, 0.3) is 0 Å². The van der Waals surface area contributed by atoms with E-state index >= 15 is 0 Å². The predicted molar refractivity (Wildman–Crippen MR) is 148 cm³/mol. The fourth-order valence-electron chi connectivity index (χ4n) is 3.19. The van der Waals surface area contributed by atoms with Gasteiger partial charge in [0.1, 0.15) is 6.54 Å². The number of hydrogen-bond acceptors (Lipinski definition) is 7. The number of carbonyl (C=O) groups excluding carboxylic acids is 2. The molecule has 0 spiro atoms. The third-order valence-corrected chi connectivity index (χ3v) is 9.12. The van der Waals surface area contributed by atoms with E-state index in [0.717, 1.165) is 43.2 Å². The SMILES string of the molecule is CCC(C)N(CC(=O)Nc1cccc(C)c1C)C(=O)CSc1nnc(SCc2ccc(Cl)cc2)s1. The third kappa shape index (κ3) is 8.24. The summed E-state index contributed by atoms with van der Waals surface area (Å²) in [7, 11) is 0. The normalized spacial score (nSPS) is 11.8. The first-order valence-electron chi connectivity index (χ1n) is 11.3. The highest BCUT2D eigenvalue weighted by molar-refractivity contribution is 8.03. The fourth-order valence-corrected chi connectivity index (χ4v) is 6.18. The van der Waals surface area contributed by atoms with Gasteiger partial charge in [-0.25, -0.2) is 0 Å². The van der Waals surface area contributed by atoms with E-state index < -0.39 is 0 Å². The van der Waals surface area contributed by atoms with Crippen LogP contribution in [0.3, 0.4) is 0 Å². The van der Waals surface area contributed by atoms with Gasteiger partial charge in [-0.3, -0.25) is 9.59 Å². The van der Waals surface area contributed by atoms with Gasteiger partial charge in [-0.05, 0) is 62.1 Å². The van der Waals surface area contributed by atoms with Crippen LogP contribution in [0.15, 0.2) is 51.1 Å². The van der Waals surface area contributed by atoms with Gasteiger partial charge in [-0.1, -0.05) is 77.7 Å². The van der Waals surface area contributed by atoms with Crippen molar-refractivity contribution in [1.29, 1.82) is 0 Å². The topological polar surface area (TPSA) is 75.2 Å². The highest BCUT2D eigenvalue weighted by Crippen LogP contribution is 2.31. The first-order chi connectivity index (χ1) is 16.8. The van der Waals surface area contributed by atoms with Crippen LogP contribution in [0.2, 0.25) is 5.02 Å². The van der Waals surface area contributed by atoms with Crippen molar-refractivity contribution < 1.29 is 9.59 Å². The van der Waals surface area contributed by atoms with E-state index in [1.54, 1.807) is 16.7 Å². The number of nitrogens with zero attached hydrogens (tertiary/aromatic N) is 3. The molecule has 10 heteroatoms. The molecule has 2 amide bonds. The zero-order valence-corrected chi connectivity index (χ0v) is 23.4. The lowest BCUT2D eigenvalue weighted by Crippen LogP contribution is -2.44. The van der Waals surface area contributed by atoms with Crippen molar-refractivity contribution in [2.45, 2.75) is 54.6 Å². The van der Waals surface area contributed by atoms with Gasteiger partial charge < -0.3 is 10.2 Å². The summed E-state index contributed by atoms with van der Waals surface area (Å²) in [5.41, 5.74) is 4.07. The largest absolute Gasteiger partial charge is 0.330 e. The number of nitrogens with one attached hydrogen (secondary N) is 1. The van der Waals surface area contributed by atoms with Gasteiger partial charge in [0, 0.05) is 22.5 Å². The van der Waals surface area contributed by atoms with E-state index in [4.69, 9.17) is 11.6 Å². The summed E-state index contributed by atoms with van der Waals surface area (Å²) in [6, 6.07) is 13.5. The molecule has 35 heavy (non-hydrogen) atoms. The van der Waals surface area contributed by atoms with Crippen LogP contribution in [-0.2, 0) is 15.3 Å². The number of thioether (sulfide) groups is 2. The number of carbonyl (C=O) groups is 2. The van der Waals surface area contributed by atoms with E-state index in [9.17, 15) is 9.59 Å². The molecule has 186 valence electrons. The van der Waals surface area contributed by atoms with Crippen LogP contribution in [0.25, 0.3) is 0 Å². The average molecular weight is 549 g/mol. The molecule has 3 rings (SSSR count). The number of rotatable bonds is 11. The Kier molecular flexibility index (Phi) is 10.5. The Labute approximate surface area is 224 Å². The van der Waals surface area contributed by atoms with Crippen molar-refractivity contribution in [3.8, 4) is 0 Å². The molecular formula is C25H29ClN4O2S3. The van der Waals surface area contributed by atoms with Crippen molar-refractivity contribution >= 4 is 64.0 Å². The minimum Gasteiger partial charge on any atom is -0.330 e. The second-order valence-corrected chi connectivity index (χ2v) is 12.0. The molecule has 1 heterocycles. The molecule has 0 saturated heterocycles. The summed E-state index contributed by atoms with van der Waals surface area (Å²) in [5.74, 6) is 0.685. The Balaban J connectivity index is 1.54. The Morgan fingerprint density at radius 1 is 1.09 bits per heavy atom. The second-order valence-electron chi connectivity index (χ2n) is 8.11. The summed E-state index contributed by atoms with van der Waals surface area (Å²) in [6.45, 7) is 7.97. The van der Waals surface area contributed by atoms with Crippen LogP contribution < -0.4 is 5.32 Å². The van der Waals surface area contributed by atoms with Gasteiger partial charge in [-0.15, -0.1) is 10.2 Å². The van der Waals surface area contributed by atoms with Crippen LogP contribution in [0.5, 0.6) is 0 Å². The Morgan fingerprint density at radius 2 is 1.77 bits per heavy atom. The van der Waals surface area contributed by atoms with Crippen molar-refractivity contribution in [2.24, 2.45) is 0 Å². The van der Waals surface area contributed by atoms with Crippen LogP contribution >= 0.6 is 46.5 Å². The molecule has 0 bridgehead atoms. The molecule has 1 aromatic heterocycles. The smallest absolute Gasteiger partial charge is 0.244 e. The molecule has 1 unspecified atom stereocenters. The number of anilines is 1. The molecule has 6 nitrogen and oxygen atoms in total. The monoisotopic (exact) mass is 548 g/mol. The fraction of sp³-hybridized carbons (Fsp3) is 0.360. The average Bonchev–Trinajstić information content (AvgIpc) is 3.31. The first-order valence-corrected chi connectivity index (χ1v) is 14.4. The Bertz CT molecular complexity index is 1150. The van der Waals surface area contributed by atoms with E-state index in [1.807, 2.05) is 70.2 Å². The lowest BCUT2D eigenvalue weighted by atomic mass is 10.1. The van der Waals surface area contributed by atoms with Gasteiger partial charge in [0.2, 0.25) is 11.8 Å². The first kappa shape index (κ1) is 27.5. The van der Waals surface area contributed by atoms with Gasteiger partial charge >= 0.3 is 0 Å². The lowest BCUT2D eigenvalue weighted by Gasteiger charge is -2.28. The number of benzene rings is 2. The van der Waals surface area contributed by atoms with E-state index in [1.165, 1.54) is 23.1 Å². The molecule has 2 aromatic carbocycles. The van der Waals surface area contributed by atoms with Crippen molar-refractivity contribution in [1.82, 2.24) is 15.1 Å². The molecule has 3 aromatic rings. The maximum atomic E-state index is 13.0. The molecule has 1 atom stereocenters. The van der Waals surface area contributed by atoms with E-state index in [-0.39, 0.29) is 30.2 Å².